The van der Waals surface area contributed by atoms with Gasteiger partial charge in [0.15, 0.2) is 0 Å². The van der Waals surface area contributed by atoms with Crippen LogP contribution in [0.1, 0.15) is 20.7 Å². The Labute approximate surface area is 80.5 Å². The number of fused-ring (bicyclic) bond motifs is 1. The summed E-state index contributed by atoms with van der Waals surface area (Å²) in [5.74, 6) is -0.782. The van der Waals surface area contributed by atoms with Crippen molar-refractivity contribution in [2.75, 3.05) is 5.73 Å². The van der Waals surface area contributed by atoms with E-state index < -0.39 is 5.91 Å². The summed E-state index contributed by atoms with van der Waals surface area (Å²) < 4.78 is 0. The summed E-state index contributed by atoms with van der Waals surface area (Å²) in [7, 11) is 0. The van der Waals surface area contributed by atoms with Gasteiger partial charge in [0.1, 0.15) is 0 Å². The van der Waals surface area contributed by atoms with E-state index in [-0.39, 0.29) is 18.3 Å². The van der Waals surface area contributed by atoms with Crippen molar-refractivity contribution >= 4 is 29.9 Å². The molecule has 1 aliphatic rings. The molecule has 0 aliphatic carbocycles. The van der Waals surface area contributed by atoms with E-state index in [9.17, 15) is 9.59 Å². The van der Waals surface area contributed by atoms with E-state index >= 15 is 0 Å². The van der Waals surface area contributed by atoms with Gasteiger partial charge in [-0.2, -0.15) is 0 Å². The molecule has 0 radical (unpaired) electrons. The topological polar surface area (TPSA) is 72.2 Å². The number of rotatable bonds is 0. The van der Waals surface area contributed by atoms with E-state index in [1.165, 1.54) is 0 Å². The minimum atomic E-state index is -0.409. The van der Waals surface area contributed by atoms with E-state index in [2.05, 4.69) is 5.32 Å². The molecule has 1 heterocycles. The highest BCUT2D eigenvalue weighted by Gasteiger charge is 2.27. The number of anilines is 1. The summed E-state index contributed by atoms with van der Waals surface area (Å²) in [6, 6.07) is 4.81. The van der Waals surface area contributed by atoms with Crippen LogP contribution >= 0.6 is 12.4 Å². The van der Waals surface area contributed by atoms with Crippen molar-refractivity contribution in [3.05, 3.63) is 29.3 Å². The second-order valence-corrected chi connectivity index (χ2v) is 2.55. The highest BCUT2D eigenvalue weighted by Crippen LogP contribution is 2.20. The maximum absolute atomic E-state index is 11.1. The Bertz CT molecular complexity index is 390. The van der Waals surface area contributed by atoms with Gasteiger partial charge in [-0.05, 0) is 12.1 Å². The molecule has 0 bridgehead atoms. The van der Waals surface area contributed by atoms with Gasteiger partial charge in [0, 0.05) is 5.69 Å². The van der Waals surface area contributed by atoms with Gasteiger partial charge >= 0.3 is 0 Å². The summed E-state index contributed by atoms with van der Waals surface area (Å²) in [6.45, 7) is 0. The van der Waals surface area contributed by atoms with Gasteiger partial charge in [-0.1, -0.05) is 6.07 Å². The third-order valence-corrected chi connectivity index (χ3v) is 1.80. The van der Waals surface area contributed by atoms with Crippen LogP contribution in [0.25, 0.3) is 0 Å². The van der Waals surface area contributed by atoms with Crippen molar-refractivity contribution in [2.24, 2.45) is 0 Å². The summed E-state index contributed by atoms with van der Waals surface area (Å²) in [4.78, 5) is 22.1. The molecule has 2 rings (SSSR count). The molecular weight excluding hydrogens is 192 g/mol. The zero-order chi connectivity index (χ0) is 8.72. The van der Waals surface area contributed by atoms with Gasteiger partial charge in [0.05, 0.1) is 11.1 Å². The monoisotopic (exact) mass is 198 g/mol. The molecule has 0 spiro atoms. The van der Waals surface area contributed by atoms with Crippen LogP contribution in [0.15, 0.2) is 18.2 Å². The van der Waals surface area contributed by atoms with Crippen LogP contribution in [-0.2, 0) is 0 Å². The maximum atomic E-state index is 11.1. The number of amides is 2. The fraction of sp³-hybridized carbons (Fsp3) is 0. The van der Waals surface area contributed by atoms with Crippen molar-refractivity contribution in [3.8, 4) is 0 Å². The van der Waals surface area contributed by atoms with Crippen LogP contribution in [0, 0.1) is 0 Å². The lowest BCUT2D eigenvalue weighted by molar-refractivity contribution is 0.0880. The lowest BCUT2D eigenvalue weighted by Crippen LogP contribution is -2.20. The molecule has 1 aromatic carbocycles. The lowest BCUT2D eigenvalue weighted by Gasteiger charge is -1.96. The number of nitrogen functional groups attached to an aromatic ring is 1. The molecular formula is C8H7ClN2O2. The first kappa shape index (κ1) is 9.54. The molecule has 5 heteroatoms. The highest BCUT2D eigenvalue weighted by molar-refractivity contribution is 6.23. The van der Waals surface area contributed by atoms with Crippen molar-refractivity contribution < 1.29 is 9.59 Å². The van der Waals surface area contributed by atoms with E-state index in [1.54, 1.807) is 18.2 Å². The third kappa shape index (κ3) is 1.25. The van der Waals surface area contributed by atoms with Crippen molar-refractivity contribution in [1.82, 2.24) is 5.32 Å². The second kappa shape index (κ2) is 3.06. The first-order valence-electron chi connectivity index (χ1n) is 3.44. The number of nitrogens with two attached hydrogens (primary N) is 1. The molecule has 0 saturated carbocycles. The van der Waals surface area contributed by atoms with E-state index in [0.29, 0.717) is 16.8 Å². The predicted molar refractivity (Wildman–Crippen MR) is 49.9 cm³/mol. The third-order valence-electron chi connectivity index (χ3n) is 1.80. The summed E-state index contributed by atoms with van der Waals surface area (Å²) >= 11 is 0. The fourth-order valence-electron chi connectivity index (χ4n) is 1.25. The number of hydrogen-bond donors (Lipinski definition) is 2. The molecule has 0 unspecified atom stereocenters. The van der Waals surface area contributed by atoms with Crippen LogP contribution in [0.3, 0.4) is 0 Å². The second-order valence-electron chi connectivity index (χ2n) is 2.55. The van der Waals surface area contributed by atoms with E-state index in [0.717, 1.165) is 0 Å². The molecule has 0 saturated heterocycles. The first-order chi connectivity index (χ1) is 5.70. The van der Waals surface area contributed by atoms with Crippen molar-refractivity contribution in [2.45, 2.75) is 0 Å². The molecule has 0 fully saturated rings. The largest absolute Gasteiger partial charge is 0.398 e. The zero-order valence-corrected chi connectivity index (χ0v) is 7.35. The lowest BCUT2D eigenvalue weighted by atomic mass is 10.1. The molecule has 0 aromatic heterocycles. The summed E-state index contributed by atoms with van der Waals surface area (Å²) in [6.07, 6.45) is 0. The molecule has 1 aliphatic heterocycles. The minimum Gasteiger partial charge on any atom is -0.398 e. The Kier molecular flexibility index (Phi) is 2.25. The van der Waals surface area contributed by atoms with Gasteiger partial charge < -0.3 is 5.73 Å². The molecule has 3 N–H and O–H groups in total. The van der Waals surface area contributed by atoms with E-state index in [4.69, 9.17) is 5.73 Å². The first-order valence-corrected chi connectivity index (χ1v) is 3.44. The van der Waals surface area contributed by atoms with E-state index in [1.807, 2.05) is 0 Å². The SMILES string of the molecule is Cl.Nc1cccc2c1C(=O)NC2=O. The van der Waals surface area contributed by atoms with Gasteiger partial charge in [0.25, 0.3) is 11.8 Å². The average Bonchev–Trinajstić information content (AvgIpc) is 2.29. The molecule has 2 amide bonds. The Morgan fingerprint density at radius 3 is 2.46 bits per heavy atom. The number of carbonyl (C=O) groups is 2. The average molecular weight is 199 g/mol. The van der Waals surface area contributed by atoms with Crippen LogP contribution in [-0.4, -0.2) is 11.8 Å². The molecule has 68 valence electrons. The Morgan fingerprint density at radius 2 is 1.85 bits per heavy atom. The van der Waals surface area contributed by atoms with Gasteiger partial charge in [-0.3, -0.25) is 14.9 Å². The zero-order valence-electron chi connectivity index (χ0n) is 6.53. The minimum absolute atomic E-state index is 0. The number of benzene rings is 1. The van der Waals surface area contributed by atoms with Crippen LogP contribution < -0.4 is 11.1 Å². The standard InChI is InChI=1S/C8H6N2O2.ClH/c9-5-3-1-2-4-6(5)8(12)10-7(4)11;/h1-3H,9H2,(H,10,11,12);1H. The number of carbonyl (C=O) groups excluding carboxylic acids is 2. The van der Waals surface area contributed by atoms with Gasteiger partial charge in [0.2, 0.25) is 0 Å². The van der Waals surface area contributed by atoms with Crippen molar-refractivity contribution in [1.29, 1.82) is 0 Å². The normalized spacial score (nSPS) is 13.2. The highest BCUT2D eigenvalue weighted by atomic mass is 35.5. The summed E-state index contributed by atoms with van der Waals surface area (Å²) in [5, 5.41) is 2.17. The fourth-order valence-corrected chi connectivity index (χ4v) is 1.25. The number of imide groups is 1. The predicted octanol–water partition coefficient (Wildman–Crippen LogP) is 0.574. The smallest absolute Gasteiger partial charge is 0.261 e. The van der Waals surface area contributed by atoms with Crippen LogP contribution in [0.2, 0.25) is 0 Å². The van der Waals surface area contributed by atoms with Gasteiger partial charge in [-0.25, -0.2) is 0 Å². The van der Waals surface area contributed by atoms with Gasteiger partial charge in [-0.15, -0.1) is 12.4 Å². The Hall–Kier alpha value is -1.55. The number of hydrogen-bond acceptors (Lipinski definition) is 3. The molecule has 13 heavy (non-hydrogen) atoms. The Balaban J connectivity index is 0.000000845. The molecule has 1 aromatic rings. The van der Waals surface area contributed by atoms with Crippen LogP contribution in [0.4, 0.5) is 5.69 Å². The number of nitrogens with one attached hydrogen (secondary N) is 1. The molecule has 4 nitrogen and oxygen atoms in total. The van der Waals surface area contributed by atoms with Crippen molar-refractivity contribution in [3.63, 3.8) is 0 Å². The number of halogens is 1. The quantitative estimate of drug-likeness (QED) is 0.473. The van der Waals surface area contributed by atoms with Crippen LogP contribution in [0.5, 0.6) is 0 Å². The molecule has 0 atom stereocenters. The summed E-state index contributed by atoms with van der Waals surface area (Å²) in [5.41, 5.74) is 6.51. The maximum Gasteiger partial charge on any atom is 0.261 e. The Morgan fingerprint density at radius 1 is 1.15 bits per heavy atom.